The second kappa shape index (κ2) is 3.72. The maximum Gasteiger partial charge on any atom is 0.226 e. The van der Waals surface area contributed by atoms with E-state index in [-0.39, 0.29) is 5.91 Å². The standard InChI is InChI=1S/C17H16N2O2/c1-11(20)19-15-9-5-4-8-14(15)16(18)10-12-6-2-3-7-13(12)17(16,19)21/h2-9,21H,10,18H2,1H3. The van der Waals surface area contributed by atoms with Gasteiger partial charge in [0.15, 0.2) is 5.72 Å². The van der Waals surface area contributed by atoms with Crippen molar-refractivity contribution in [1.29, 1.82) is 0 Å². The Morgan fingerprint density at radius 3 is 2.48 bits per heavy atom. The molecule has 0 aromatic heterocycles. The zero-order chi connectivity index (χ0) is 14.8. The van der Waals surface area contributed by atoms with Crippen LogP contribution in [0.4, 0.5) is 5.69 Å². The van der Waals surface area contributed by atoms with Gasteiger partial charge in [0.25, 0.3) is 0 Å². The minimum atomic E-state index is -1.51. The Kier molecular flexibility index (Phi) is 2.23. The number of aliphatic hydroxyl groups is 1. The topological polar surface area (TPSA) is 66.6 Å². The first-order chi connectivity index (χ1) is 10.00. The Morgan fingerprint density at radius 2 is 1.76 bits per heavy atom. The van der Waals surface area contributed by atoms with Crippen LogP contribution in [0.15, 0.2) is 48.5 Å². The number of anilines is 1. The van der Waals surface area contributed by atoms with E-state index in [1.54, 1.807) is 0 Å². The number of fused-ring (bicyclic) bond motifs is 5. The van der Waals surface area contributed by atoms with Gasteiger partial charge in [0.05, 0.1) is 5.69 Å². The van der Waals surface area contributed by atoms with Crippen LogP contribution in [0.5, 0.6) is 0 Å². The molecule has 2 aliphatic rings. The molecule has 0 bridgehead atoms. The van der Waals surface area contributed by atoms with Gasteiger partial charge in [-0.3, -0.25) is 9.69 Å². The molecule has 2 atom stereocenters. The van der Waals surface area contributed by atoms with E-state index in [4.69, 9.17) is 5.73 Å². The van der Waals surface area contributed by atoms with Gasteiger partial charge in [-0.2, -0.15) is 0 Å². The molecule has 2 aromatic carbocycles. The molecule has 106 valence electrons. The molecular formula is C17H16N2O2. The van der Waals surface area contributed by atoms with Gasteiger partial charge in [0.1, 0.15) is 5.54 Å². The normalized spacial score (nSPS) is 29.0. The number of carbonyl (C=O) groups is 1. The molecule has 1 aliphatic carbocycles. The highest BCUT2D eigenvalue weighted by Gasteiger charge is 2.65. The molecule has 1 amide bonds. The van der Waals surface area contributed by atoms with Gasteiger partial charge in [0, 0.05) is 24.5 Å². The van der Waals surface area contributed by atoms with E-state index < -0.39 is 11.3 Å². The molecular weight excluding hydrogens is 264 g/mol. The van der Waals surface area contributed by atoms with Gasteiger partial charge in [-0.05, 0) is 11.6 Å². The van der Waals surface area contributed by atoms with Crippen LogP contribution in [0.2, 0.25) is 0 Å². The summed E-state index contributed by atoms with van der Waals surface area (Å²) in [4.78, 5) is 13.7. The minimum absolute atomic E-state index is 0.214. The molecule has 4 rings (SSSR count). The lowest BCUT2D eigenvalue weighted by Crippen LogP contribution is -2.59. The third kappa shape index (κ3) is 1.25. The predicted molar refractivity (Wildman–Crippen MR) is 79.5 cm³/mol. The third-order valence-electron chi connectivity index (χ3n) is 4.75. The van der Waals surface area contributed by atoms with Crippen LogP contribution in [-0.4, -0.2) is 11.0 Å². The van der Waals surface area contributed by atoms with Crippen molar-refractivity contribution in [2.75, 3.05) is 4.90 Å². The van der Waals surface area contributed by atoms with E-state index in [0.717, 1.165) is 16.7 Å². The molecule has 1 aliphatic heterocycles. The monoisotopic (exact) mass is 280 g/mol. The number of rotatable bonds is 0. The van der Waals surface area contributed by atoms with E-state index in [0.29, 0.717) is 12.1 Å². The van der Waals surface area contributed by atoms with E-state index >= 15 is 0 Å². The highest BCUT2D eigenvalue weighted by Crippen LogP contribution is 2.58. The van der Waals surface area contributed by atoms with Gasteiger partial charge in [-0.1, -0.05) is 42.5 Å². The molecule has 2 aromatic rings. The van der Waals surface area contributed by atoms with Crippen LogP contribution in [0.1, 0.15) is 23.6 Å². The zero-order valence-corrected chi connectivity index (χ0v) is 11.7. The number of carbonyl (C=O) groups excluding carboxylic acids is 1. The van der Waals surface area contributed by atoms with Crippen molar-refractivity contribution in [2.24, 2.45) is 5.73 Å². The first kappa shape index (κ1) is 12.6. The number of benzene rings is 2. The van der Waals surface area contributed by atoms with E-state index in [1.165, 1.54) is 11.8 Å². The molecule has 4 nitrogen and oxygen atoms in total. The van der Waals surface area contributed by atoms with Crippen molar-refractivity contribution in [3.63, 3.8) is 0 Å². The first-order valence-electron chi connectivity index (χ1n) is 7.00. The third-order valence-corrected chi connectivity index (χ3v) is 4.75. The molecule has 21 heavy (non-hydrogen) atoms. The first-order valence-corrected chi connectivity index (χ1v) is 7.00. The molecule has 0 fully saturated rings. The van der Waals surface area contributed by atoms with Crippen LogP contribution in [0.25, 0.3) is 0 Å². The van der Waals surface area contributed by atoms with Crippen molar-refractivity contribution in [3.8, 4) is 0 Å². The number of hydrogen-bond acceptors (Lipinski definition) is 3. The predicted octanol–water partition coefficient (Wildman–Crippen LogP) is 1.61. The smallest absolute Gasteiger partial charge is 0.226 e. The van der Waals surface area contributed by atoms with Crippen LogP contribution in [0.3, 0.4) is 0 Å². The van der Waals surface area contributed by atoms with Crippen molar-refractivity contribution >= 4 is 11.6 Å². The zero-order valence-electron chi connectivity index (χ0n) is 11.7. The van der Waals surface area contributed by atoms with E-state index in [9.17, 15) is 9.90 Å². The maximum absolute atomic E-state index is 12.2. The SMILES string of the molecule is CC(=O)N1c2ccccc2C2(N)Cc3ccccc3C12O. The molecule has 4 heteroatoms. The highest BCUT2D eigenvalue weighted by molar-refractivity contribution is 5.97. The fraction of sp³-hybridized carbons (Fsp3) is 0.235. The molecule has 3 N–H and O–H groups in total. The number of hydrogen-bond donors (Lipinski definition) is 2. The molecule has 0 saturated heterocycles. The molecule has 1 heterocycles. The summed E-state index contributed by atoms with van der Waals surface area (Å²) in [5.74, 6) is -0.214. The van der Waals surface area contributed by atoms with Gasteiger partial charge in [0.2, 0.25) is 5.91 Å². The van der Waals surface area contributed by atoms with Crippen LogP contribution < -0.4 is 10.6 Å². The van der Waals surface area contributed by atoms with Crippen LogP contribution in [0, 0.1) is 0 Å². The van der Waals surface area contributed by atoms with Gasteiger partial charge >= 0.3 is 0 Å². The van der Waals surface area contributed by atoms with Crippen molar-refractivity contribution in [1.82, 2.24) is 0 Å². The minimum Gasteiger partial charge on any atom is -0.365 e. The Morgan fingerprint density at radius 1 is 1.14 bits per heavy atom. The van der Waals surface area contributed by atoms with Crippen LogP contribution in [-0.2, 0) is 22.5 Å². The van der Waals surface area contributed by atoms with Crippen molar-refractivity contribution in [2.45, 2.75) is 24.6 Å². The Balaban J connectivity index is 2.08. The molecule has 0 spiro atoms. The Hall–Kier alpha value is -2.17. The second-order valence-electron chi connectivity index (χ2n) is 5.85. The molecule has 0 saturated carbocycles. The summed E-state index contributed by atoms with van der Waals surface area (Å²) >= 11 is 0. The van der Waals surface area contributed by atoms with Crippen molar-refractivity contribution in [3.05, 3.63) is 65.2 Å². The Bertz CT molecular complexity index is 773. The summed E-state index contributed by atoms with van der Waals surface area (Å²) in [6.45, 7) is 1.46. The fourth-order valence-corrected chi connectivity index (χ4v) is 3.90. The lowest BCUT2D eigenvalue weighted by Gasteiger charge is -2.39. The number of para-hydroxylation sites is 1. The lowest BCUT2D eigenvalue weighted by atomic mass is 9.84. The highest BCUT2D eigenvalue weighted by atomic mass is 16.3. The Labute approximate surface area is 122 Å². The summed E-state index contributed by atoms with van der Waals surface area (Å²) in [6, 6.07) is 15.1. The summed E-state index contributed by atoms with van der Waals surface area (Å²) in [7, 11) is 0. The summed E-state index contributed by atoms with van der Waals surface area (Å²) in [5.41, 5.74) is 7.36. The van der Waals surface area contributed by atoms with Crippen molar-refractivity contribution < 1.29 is 9.90 Å². The van der Waals surface area contributed by atoms with Gasteiger partial charge in [-0.25, -0.2) is 0 Å². The second-order valence-corrected chi connectivity index (χ2v) is 5.85. The largest absolute Gasteiger partial charge is 0.365 e. The van der Waals surface area contributed by atoms with Crippen LogP contribution >= 0.6 is 0 Å². The maximum atomic E-state index is 12.2. The summed E-state index contributed by atoms with van der Waals surface area (Å²) in [5, 5.41) is 11.5. The van der Waals surface area contributed by atoms with Gasteiger partial charge < -0.3 is 10.8 Å². The average Bonchev–Trinajstić information content (AvgIpc) is 2.80. The molecule has 0 radical (unpaired) electrons. The quantitative estimate of drug-likeness (QED) is 0.770. The number of amides is 1. The van der Waals surface area contributed by atoms with E-state index in [1.807, 2.05) is 48.5 Å². The number of nitrogens with zero attached hydrogens (tertiary/aromatic N) is 1. The van der Waals surface area contributed by atoms with E-state index in [2.05, 4.69) is 0 Å². The summed E-state index contributed by atoms with van der Waals surface area (Å²) in [6.07, 6.45) is 0.514. The summed E-state index contributed by atoms with van der Waals surface area (Å²) < 4.78 is 0. The fourth-order valence-electron chi connectivity index (χ4n) is 3.90. The molecule has 2 unspecified atom stereocenters. The number of nitrogens with two attached hydrogens (primary N) is 1. The van der Waals surface area contributed by atoms with Gasteiger partial charge in [-0.15, -0.1) is 0 Å². The average molecular weight is 280 g/mol. The lowest BCUT2D eigenvalue weighted by molar-refractivity contribution is -0.123.